The Labute approximate surface area is 226 Å². The summed E-state index contributed by atoms with van der Waals surface area (Å²) in [7, 11) is 0. The molecule has 5 rings (SSSR count). The Bertz CT molecular complexity index is 1340. The summed E-state index contributed by atoms with van der Waals surface area (Å²) in [6.07, 6.45) is -3.87. The summed E-state index contributed by atoms with van der Waals surface area (Å²) < 4.78 is 20.2. The molecule has 1 N–H and O–H groups in total. The molecule has 0 spiro atoms. The van der Waals surface area contributed by atoms with Crippen LogP contribution in [0.2, 0.25) is 0 Å². The maximum atomic E-state index is 14.2. The van der Waals surface area contributed by atoms with E-state index in [9.17, 15) is 14.2 Å². The third-order valence-electron chi connectivity index (χ3n) is 6.41. The number of benzene rings is 4. The quantitative estimate of drug-likeness (QED) is 0.201. The van der Waals surface area contributed by atoms with Crippen molar-refractivity contribution in [3.05, 3.63) is 144 Å². The van der Waals surface area contributed by atoms with Gasteiger partial charge < -0.3 is 14.6 Å². The van der Waals surface area contributed by atoms with E-state index in [2.05, 4.69) is 5.32 Å². The average molecular weight is 542 g/mol. The molecule has 0 saturated carbocycles. The molecule has 192 valence electrons. The van der Waals surface area contributed by atoms with Crippen molar-refractivity contribution in [2.75, 3.05) is 12.3 Å². The number of rotatable bonds is 8. The smallest absolute Gasteiger partial charge is 0.330 e. The van der Waals surface area contributed by atoms with Gasteiger partial charge in [-0.3, -0.25) is 4.79 Å². The van der Waals surface area contributed by atoms with Crippen LogP contribution in [0, 0.1) is 0 Å². The van der Waals surface area contributed by atoms with Gasteiger partial charge in [0.2, 0.25) is 5.91 Å². The van der Waals surface area contributed by atoms with Crippen LogP contribution >= 0.6 is 17.7 Å². The molecule has 4 aromatic carbocycles. The van der Waals surface area contributed by atoms with E-state index in [1.807, 2.05) is 121 Å². The molecule has 1 fully saturated rings. The first kappa shape index (κ1) is 26.0. The van der Waals surface area contributed by atoms with Gasteiger partial charge in [0.05, 0.1) is 11.4 Å². The largest absolute Gasteiger partial charge is 0.451 e. The van der Waals surface area contributed by atoms with Crippen LogP contribution in [0.4, 0.5) is 0 Å². The van der Waals surface area contributed by atoms with Gasteiger partial charge >= 0.3 is 5.97 Å². The molecular weight excluding hydrogens is 513 g/mol. The first-order chi connectivity index (χ1) is 18.5. The van der Waals surface area contributed by atoms with Crippen molar-refractivity contribution in [3.8, 4) is 0 Å². The van der Waals surface area contributed by atoms with Crippen molar-refractivity contribution in [1.82, 2.24) is 5.32 Å². The Kier molecular flexibility index (Phi) is 8.11. The second-order valence-corrected chi connectivity index (χ2v) is 14.8. The van der Waals surface area contributed by atoms with Gasteiger partial charge in [0, 0.05) is 6.16 Å². The number of ether oxygens (including phenoxy) is 1. The monoisotopic (exact) mass is 541 g/mol. The molecule has 0 aliphatic carbocycles. The van der Waals surface area contributed by atoms with E-state index in [-0.39, 0.29) is 17.6 Å². The Morgan fingerprint density at radius 3 is 1.61 bits per heavy atom. The normalized spacial score (nSPS) is 19.2. The lowest BCUT2D eigenvalue weighted by Gasteiger charge is -2.32. The van der Waals surface area contributed by atoms with Crippen LogP contribution < -0.4 is 5.32 Å². The molecule has 1 aliphatic heterocycles. The highest BCUT2D eigenvalue weighted by Gasteiger charge is 2.42. The van der Waals surface area contributed by atoms with Crippen LogP contribution in [0.25, 0.3) is 0 Å². The van der Waals surface area contributed by atoms with Gasteiger partial charge in [-0.05, 0) is 22.3 Å². The first-order valence-corrected chi connectivity index (χ1v) is 16.0. The fraction of sp³-hybridized carbons (Fsp3) is 0.161. The molecule has 1 aliphatic rings. The summed E-state index contributed by atoms with van der Waals surface area (Å²) in [4.78, 5) is 26.2. The topological polar surface area (TPSA) is 72.5 Å². The van der Waals surface area contributed by atoms with Gasteiger partial charge in [0.15, 0.2) is 12.4 Å². The van der Waals surface area contributed by atoms with Crippen molar-refractivity contribution in [1.29, 1.82) is 0 Å². The minimum absolute atomic E-state index is 0.0364. The molecule has 0 bridgehead atoms. The lowest BCUT2D eigenvalue weighted by atomic mass is 10.0. The number of hydrogen-bond donors (Lipinski definition) is 1. The number of hydrogen-bond acceptors (Lipinski definition) is 5. The molecule has 0 radical (unpaired) electrons. The fourth-order valence-corrected chi connectivity index (χ4v) is 10.3. The Hall–Kier alpha value is -3.60. The van der Waals surface area contributed by atoms with Crippen LogP contribution in [-0.2, 0) is 18.9 Å². The zero-order valence-electron chi connectivity index (χ0n) is 20.7. The third kappa shape index (κ3) is 6.27. The van der Waals surface area contributed by atoms with E-state index in [0.29, 0.717) is 0 Å². The zero-order valence-corrected chi connectivity index (χ0v) is 22.4. The van der Waals surface area contributed by atoms with Crippen LogP contribution in [0.5, 0.6) is 0 Å². The van der Waals surface area contributed by atoms with Crippen LogP contribution in [0.3, 0.4) is 0 Å². The molecule has 7 heteroatoms. The summed E-state index contributed by atoms with van der Waals surface area (Å²) in [6.45, 7) is 0. The first-order valence-electron chi connectivity index (χ1n) is 12.5. The van der Waals surface area contributed by atoms with Gasteiger partial charge in [-0.2, -0.15) is 0 Å². The summed E-state index contributed by atoms with van der Waals surface area (Å²) in [6, 6.07) is 37.6. The highest BCUT2D eigenvalue weighted by atomic mass is 32.7. The predicted octanol–water partition coefficient (Wildman–Crippen LogP) is 6.62. The van der Waals surface area contributed by atoms with Crippen molar-refractivity contribution in [2.24, 2.45) is 0 Å². The maximum absolute atomic E-state index is 14.2. The fourth-order valence-electron chi connectivity index (χ4n) is 4.61. The Balaban J connectivity index is 1.39. The van der Waals surface area contributed by atoms with Crippen molar-refractivity contribution >= 4 is 29.6 Å². The molecule has 1 heterocycles. The molecule has 2 atom stereocenters. The molecule has 5 nitrogen and oxygen atoms in total. The predicted molar refractivity (Wildman–Crippen MR) is 152 cm³/mol. The van der Waals surface area contributed by atoms with Gasteiger partial charge in [0.1, 0.15) is 6.04 Å². The van der Waals surface area contributed by atoms with E-state index in [1.165, 1.54) is 11.4 Å². The standard InChI is InChI=1S/C31H28NO4PS/c33-28-22-37(35,38-30(25-17-9-3-10-18-25)26-19-11-4-12-20-26)21-27(32-28)31(34)36-29(23-13-5-1-6-14-23)24-15-7-2-8-16-24/h1-20,27,29-30H,21-22H2,(H,32,33)/t27-,37?/m0/s1. The molecule has 1 saturated heterocycles. The van der Waals surface area contributed by atoms with Crippen LogP contribution in [0.15, 0.2) is 121 Å². The van der Waals surface area contributed by atoms with Gasteiger partial charge in [-0.15, -0.1) is 0 Å². The number of nitrogens with one attached hydrogen (secondary N) is 1. The average Bonchev–Trinajstić information content (AvgIpc) is 2.96. The maximum Gasteiger partial charge on any atom is 0.330 e. The number of carbonyl (C=O) groups is 2. The second kappa shape index (κ2) is 11.8. The van der Waals surface area contributed by atoms with E-state index < -0.39 is 30.4 Å². The van der Waals surface area contributed by atoms with Gasteiger partial charge in [-0.1, -0.05) is 133 Å². The van der Waals surface area contributed by atoms with Crippen molar-refractivity contribution in [3.63, 3.8) is 0 Å². The molecular formula is C31H28NO4PS. The van der Waals surface area contributed by atoms with E-state index in [1.54, 1.807) is 0 Å². The highest BCUT2D eigenvalue weighted by molar-refractivity contribution is 8.58. The SMILES string of the molecule is O=C1CP(=O)(SC(c2ccccc2)c2ccccc2)C[C@@H](C(=O)OC(c2ccccc2)c2ccccc2)N1. The van der Waals surface area contributed by atoms with Gasteiger partial charge in [-0.25, -0.2) is 4.79 Å². The molecule has 4 aromatic rings. The zero-order chi connectivity index (χ0) is 26.4. The lowest BCUT2D eigenvalue weighted by Crippen LogP contribution is -2.49. The van der Waals surface area contributed by atoms with Crippen LogP contribution in [0.1, 0.15) is 33.6 Å². The van der Waals surface area contributed by atoms with Crippen molar-refractivity contribution < 1.29 is 18.9 Å². The van der Waals surface area contributed by atoms with Crippen LogP contribution in [-0.4, -0.2) is 30.2 Å². The number of esters is 1. The van der Waals surface area contributed by atoms with E-state index in [0.717, 1.165) is 22.3 Å². The number of amides is 1. The summed E-state index contributed by atoms with van der Waals surface area (Å²) in [5.74, 6) is -0.988. The minimum Gasteiger partial charge on any atom is -0.451 e. The van der Waals surface area contributed by atoms with E-state index >= 15 is 0 Å². The van der Waals surface area contributed by atoms with E-state index in [4.69, 9.17) is 4.74 Å². The minimum atomic E-state index is -3.15. The lowest BCUT2D eigenvalue weighted by molar-refractivity contribution is -0.151. The Morgan fingerprint density at radius 1 is 0.737 bits per heavy atom. The molecule has 1 unspecified atom stereocenters. The third-order valence-corrected chi connectivity index (χ3v) is 11.9. The van der Waals surface area contributed by atoms with Crippen molar-refractivity contribution in [2.45, 2.75) is 17.4 Å². The second-order valence-electron chi connectivity index (χ2n) is 9.22. The molecule has 0 aromatic heterocycles. The van der Waals surface area contributed by atoms with Gasteiger partial charge in [0.25, 0.3) is 0 Å². The Morgan fingerprint density at radius 2 is 1.16 bits per heavy atom. The molecule has 38 heavy (non-hydrogen) atoms. The molecule has 1 amide bonds. The summed E-state index contributed by atoms with van der Waals surface area (Å²) >= 11 is 1.30. The summed E-state index contributed by atoms with van der Waals surface area (Å²) in [5, 5.41) is 2.50. The summed E-state index contributed by atoms with van der Waals surface area (Å²) in [5.41, 5.74) is 3.63. The number of carbonyl (C=O) groups excluding carboxylic acids is 2. The highest BCUT2D eigenvalue weighted by Crippen LogP contribution is 2.66.